The average molecular weight is 197 g/mol. The molecule has 4 nitrogen and oxygen atoms in total. The van der Waals surface area contributed by atoms with Crippen molar-refractivity contribution in [2.45, 2.75) is 33.4 Å². The molecule has 1 aromatic heterocycles. The molecule has 1 atom stereocenters. The first-order valence-electron chi connectivity index (χ1n) is 5.00. The lowest BCUT2D eigenvalue weighted by Gasteiger charge is -2.15. The van der Waals surface area contributed by atoms with E-state index < -0.39 is 0 Å². The second-order valence-electron chi connectivity index (χ2n) is 3.42. The molecule has 0 saturated heterocycles. The molecule has 0 aromatic carbocycles. The first-order chi connectivity index (χ1) is 6.67. The molecule has 0 aliphatic rings. The fraction of sp³-hybridized carbons (Fsp3) is 0.700. The Hall–Kier alpha value is -0.870. The van der Waals surface area contributed by atoms with Crippen LogP contribution in [0.5, 0.6) is 0 Å². The maximum absolute atomic E-state index is 5.60. The first-order valence-corrected chi connectivity index (χ1v) is 5.00. The Morgan fingerprint density at radius 1 is 1.57 bits per heavy atom. The highest BCUT2D eigenvalue weighted by molar-refractivity contribution is 5.06. The molecule has 2 N–H and O–H groups in total. The van der Waals surface area contributed by atoms with E-state index in [0.717, 1.165) is 17.9 Å². The van der Waals surface area contributed by atoms with Crippen LogP contribution in [0.3, 0.4) is 0 Å². The lowest BCUT2D eigenvalue weighted by atomic mass is 10.3. The number of hydrogen-bond acceptors (Lipinski definition) is 3. The van der Waals surface area contributed by atoms with Crippen LogP contribution in [0.4, 0.5) is 0 Å². The minimum atomic E-state index is 0.0676. The third-order valence-electron chi connectivity index (χ3n) is 2.15. The van der Waals surface area contributed by atoms with E-state index in [4.69, 9.17) is 10.5 Å². The largest absolute Gasteiger partial charge is 0.375 e. The molecule has 80 valence electrons. The van der Waals surface area contributed by atoms with E-state index in [1.807, 2.05) is 25.5 Å². The van der Waals surface area contributed by atoms with Gasteiger partial charge in [0, 0.05) is 18.8 Å². The summed E-state index contributed by atoms with van der Waals surface area (Å²) in [6, 6.07) is 2.06. The highest BCUT2D eigenvalue weighted by Crippen LogP contribution is 2.04. The van der Waals surface area contributed by atoms with Gasteiger partial charge in [-0.05, 0) is 26.8 Å². The molecule has 0 fully saturated rings. The maximum atomic E-state index is 5.60. The van der Waals surface area contributed by atoms with E-state index >= 15 is 0 Å². The number of ether oxygens (including phenoxy) is 1. The van der Waals surface area contributed by atoms with Crippen LogP contribution in [-0.4, -0.2) is 29.0 Å². The lowest BCUT2D eigenvalue weighted by Crippen LogP contribution is -2.29. The van der Waals surface area contributed by atoms with Gasteiger partial charge in [0.2, 0.25) is 0 Å². The summed E-state index contributed by atoms with van der Waals surface area (Å²) in [7, 11) is 0. The van der Waals surface area contributed by atoms with Gasteiger partial charge in [-0.3, -0.25) is 4.68 Å². The smallest absolute Gasteiger partial charge is 0.0892 e. The summed E-state index contributed by atoms with van der Waals surface area (Å²) in [5, 5.41) is 4.36. The Labute approximate surface area is 85.0 Å². The molecule has 0 amide bonds. The second-order valence-corrected chi connectivity index (χ2v) is 3.42. The first kappa shape index (κ1) is 11.2. The molecule has 1 aromatic rings. The van der Waals surface area contributed by atoms with Crippen LogP contribution in [0.15, 0.2) is 6.07 Å². The maximum Gasteiger partial charge on any atom is 0.0892 e. The molecule has 0 radical (unpaired) electrons. The molecule has 0 spiro atoms. The van der Waals surface area contributed by atoms with E-state index in [-0.39, 0.29) is 6.10 Å². The summed E-state index contributed by atoms with van der Waals surface area (Å²) in [6.07, 6.45) is 0.0676. The molecule has 14 heavy (non-hydrogen) atoms. The normalized spacial score (nSPS) is 13.1. The molecule has 0 aliphatic heterocycles. The van der Waals surface area contributed by atoms with E-state index in [2.05, 4.69) is 11.2 Å². The standard InChI is InChI=1S/C10H19N3O/c1-4-14-10(6-11)7-13-9(3)5-8(2)12-13/h5,10H,4,6-7,11H2,1-3H3. The Morgan fingerprint density at radius 3 is 2.71 bits per heavy atom. The average Bonchev–Trinajstić information content (AvgIpc) is 2.44. The highest BCUT2D eigenvalue weighted by atomic mass is 16.5. The van der Waals surface area contributed by atoms with Gasteiger partial charge in [0.25, 0.3) is 0 Å². The molecule has 1 rings (SSSR count). The van der Waals surface area contributed by atoms with Crippen LogP contribution >= 0.6 is 0 Å². The van der Waals surface area contributed by atoms with Crippen molar-refractivity contribution in [3.63, 3.8) is 0 Å². The van der Waals surface area contributed by atoms with Gasteiger partial charge < -0.3 is 10.5 Å². The molecular weight excluding hydrogens is 178 g/mol. The minimum Gasteiger partial charge on any atom is -0.375 e. The summed E-state index contributed by atoms with van der Waals surface area (Å²) in [4.78, 5) is 0. The van der Waals surface area contributed by atoms with Gasteiger partial charge in [0.1, 0.15) is 0 Å². The molecule has 1 unspecified atom stereocenters. The van der Waals surface area contributed by atoms with Crippen molar-refractivity contribution < 1.29 is 4.74 Å². The molecule has 0 aliphatic carbocycles. The van der Waals surface area contributed by atoms with Crippen LogP contribution in [0, 0.1) is 13.8 Å². The number of nitrogens with two attached hydrogens (primary N) is 1. The van der Waals surface area contributed by atoms with E-state index in [0.29, 0.717) is 13.2 Å². The van der Waals surface area contributed by atoms with Gasteiger partial charge in [-0.25, -0.2) is 0 Å². The van der Waals surface area contributed by atoms with Crippen molar-refractivity contribution in [3.8, 4) is 0 Å². The second kappa shape index (κ2) is 5.12. The van der Waals surface area contributed by atoms with Crippen molar-refractivity contribution in [1.82, 2.24) is 9.78 Å². The van der Waals surface area contributed by atoms with E-state index in [1.54, 1.807) is 0 Å². The van der Waals surface area contributed by atoms with Crippen molar-refractivity contribution in [2.75, 3.05) is 13.2 Å². The fourth-order valence-electron chi connectivity index (χ4n) is 1.48. The van der Waals surface area contributed by atoms with E-state index in [1.165, 1.54) is 0 Å². The number of aryl methyl sites for hydroxylation is 2. The molecular formula is C10H19N3O. The van der Waals surface area contributed by atoms with E-state index in [9.17, 15) is 0 Å². The third-order valence-corrected chi connectivity index (χ3v) is 2.15. The zero-order valence-corrected chi connectivity index (χ0v) is 9.16. The topological polar surface area (TPSA) is 53.1 Å². The van der Waals surface area contributed by atoms with Gasteiger partial charge in [-0.15, -0.1) is 0 Å². The van der Waals surface area contributed by atoms with Gasteiger partial charge in [0.05, 0.1) is 18.3 Å². The minimum absolute atomic E-state index is 0.0676. The number of nitrogens with zero attached hydrogens (tertiary/aromatic N) is 2. The molecule has 1 heterocycles. The molecule has 0 saturated carbocycles. The Balaban J connectivity index is 2.61. The summed E-state index contributed by atoms with van der Waals surface area (Å²) in [5.41, 5.74) is 7.79. The van der Waals surface area contributed by atoms with Gasteiger partial charge in [-0.2, -0.15) is 5.10 Å². The Bertz CT molecular complexity index is 283. The zero-order valence-electron chi connectivity index (χ0n) is 9.16. The van der Waals surface area contributed by atoms with Crippen LogP contribution in [0.25, 0.3) is 0 Å². The van der Waals surface area contributed by atoms with Gasteiger partial charge in [0.15, 0.2) is 0 Å². The summed E-state index contributed by atoms with van der Waals surface area (Å²) in [5.74, 6) is 0. The number of rotatable bonds is 5. The number of aromatic nitrogens is 2. The van der Waals surface area contributed by atoms with Crippen molar-refractivity contribution in [1.29, 1.82) is 0 Å². The number of hydrogen-bond donors (Lipinski definition) is 1. The predicted octanol–water partition coefficient (Wildman–Crippen LogP) is 0.864. The third kappa shape index (κ3) is 2.82. The van der Waals surface area contributed by atoms with Crippen LogP contribution in [-0.2, 0) is 11.3 Å². The molecule has 4 heteroatoms. The summed E-state index contributed by atoms with van der Waals surface area (Å²) < 4.78 is 7.42. The fourth-order valence-corrected chi connectivity index (χ4v) is 1.48. The zero-order chi connectivity index (χ0) is 10.6. The summed E-state index contributed by atoms with van der Waals surface area (Å²) >= 11 is 0. The van der Waals surface area contributed by atoms with Crippen LogP contribution < -0.4 is 5.73 Å². The lowest BCUT2D eigenvalue weighted by molar-refractivity contribution is 0.0537. The highest BCUT2D eigenvalue weighted by Gasteiger charge is 2.09. The summed E-state index contributed by atoms with van der Waals surface area (Å²) in [6.45, 7) is 7.97. The van der Waals surface area contributed by atoms with Gasteiger partial charge in [-0.1, -0.05) is 0 Å². The molecule has 0 bridgehead atoms. The van der Waals surface area contributed by atoms with Gasteiger partial charge >= 0.3 is 0 Å². The van der Waals surface area contributed by atoms with Crippen molar-refractivity contribution in [3.05, 3.63) is 17.5 Å². The monoisotopic (exact) mass is 197 g/mol. The van der Waals surface area contributed by atoms with Crippen molar-refractivity contribution >= 4 is 0 Å². The van der Waals surface area contributed by atoms with Crippen molar-refractivity contribution in [2.24, 2.45) is 5.73 Å². The SMILES string of the molecule is CCOC(CN)Cn1nc(C)cc1C. The predicted molar refractivity (Wildman–Crippen MR) is 56.2 cm³/mol. The quantitative estimate of drug-likeness (QED) is 0.761. The van der Waals surface area contributed by atoms with Crippen LogP contribution in [0.2, 0.25) is 0 Å². The Kier molecular flexibility index (Phi) is 4.10. The Morgan fingerprint density at radius 2 is 2.29 bits per heavy atom. The van der Waals surface area contributed by atoms with Crippen LogP contribution in [0.1, 0.15) is 18.3 Å².